The van der Waals surface area contributed by atoms with Gasteiger partial charge in [-0.25, -0.2) is 4.39 Å². The molecule has 0 aliphatic heterocycles. The van der Waals surface area contributed by atoms with Crippen molar-refractivity contribution in [1.29, 1.82) is 0 Å². The van der Waals surface area contributed by atoms with Gasteiger partial charge in [0.15, 0.2) is 0 Å². The number of hydrogen-bond donors (Lipinski definition) is 0. The Kier molecular flexibility index (Phi) is 3.81. The van der Waals surface area contributed by atoms with Gasteiger partial charge in [0.2, 0.25) is 0 Å². The zero-order valence-electron chi connectivity index (χ0n) is 11.2. The summed E-state index contributed by atoms with van der Waals surface area (Å²) in [7, 11) is 0. The van der Waals surface area contributed by atoms with Crippen LogP contribution in [0.1, 0.15) is 61.8 Å². The Morgan fingerprint density at radius 1 is 1.00 bits per heavy atom. The highest BCUT2D eigenvalue weighted by atomic mass is 19.1. The highest BCUT2D eigenvalue weighted by molar-refractivity contribution is 4.99. The van der Waals surface area contributed by atoms with Crippen molar-refractivity contribution in [2.75, 3.05) is 0 Å². The Hall–Kier alpha value is -0.0700. The molecule has 0 heterocycles. The molecule has 0 aromatic heterocycles. The van der Waals surface area contributed by atoms with Crippen LogP contribution in [0.5, 0.6) is 0 Å². The molecule has 0 radical (unpaired) electrons. The van der Waals surface area contributed by atoms with Gasteiger partial charge in [0.05, 0.1) is 0 Å². The Labute approximate surface area is 89.3 Å². The molecule has 0 amide bonds. The van der Waals surface area contributed by atoms with Crippen LogP contribution >= 0.6 is 0 Å². The van der Waals surface area contributed by atoms with Crippen LogP contribution in [0.3, 0.4) is 0 Å². The van der Waals surface area contributed by atoms with E-state index in [0.717, 1.165) is 0 Å². The first-order valence-electron chi connectivity index (χ1n) is 5.69. The van der Waals surface area contributed by atoms with Gasteiger partial charge in [-0.1, -0.05) is 48.5 Å². The maximum absolute atomic E-state index is 14.5. The number of halogens is 1. The molecule has 1 heteroatoms. The van der Waals surface area contributed by atoms with Gasteiger partial charge in [-0.2, -0.15) is 0 Å². The van der Waals surface area contributed by atoms with Crippen LogP contribution in [0.15, 0.2) is 0 Å². The minimum atomic E-state index is -1.10. The van der Waals surface area contributed by atoms with Crippen LogP contribution in [0.2, 0.25) is 0 Å². The molecule has 0 nitrogen and oxygen atoms in total. The van der Waals surface area contributed by atoms with Crippen molar-refractivity contribution in [3.63, 3.8) is 0 Å². The van der Waals surface area contributed by atoms with E-state index in [9.17, 15) is 4.39 Å². The second-order valence-electron chi connectivity index (χ2n) is 6.05. The first-order chi connectivity index (χ1) is 6.00. The first-order valence-corrected chi connectivity index (χ1v) is 5.69. The van der Waals surface area contributed by atoms with E-state index in [2.05, 4.69) is 41.5 Å². The lowest BCUT2D eigenvalue weighted by atomic mass is 9.55. The van der Waals surface area contributed by atoms with E-state index >= 15 is 0 Å². The van der Waals surface area contributed by atoms with Gasteiger partial charge in [0.1, 0.15) is 5.67 Å². The fourth-order valence-electron chi connectivity index (χ4n) is 1.84. The van der Waals surface area contributed by atoms with Crippen LogP contribution in [-0.2, 0) is 0 Å². The molecule has 0 aromatic rings. The van der Waals surface area contributed by atoms with Crippen molar-refractivity contribution in [3.8, 4) is 0 Å². The Bertz CT molecular complexity index is 187. The molecule has 0 fully saturated rings. The summed E-state index contributed by atoms with van der Waals surface area (Å²) >= 11 is 0. The van der Waals surface area contributed by atoms with Crippen molar-refractivity contribution < 1.29 is 4.39 Å². The van der Waals surface area contributed by atoms with E-state index in [0.29, 0.717) is 12.3 Å². The second-order valence-corrected chi connectivity index (χ2v) is 6.05. The Morgan fingerprint density at radius 2 is 1.36 bits per heavy atom. The summed E-state index contributed by atoms with van der Waals surface area (Å²) in [5.41, 5.74) is -1.39. The quantitative estimate of drug-likeness (QED) is 0.612. The van der Waals surface area contributed by atoms with Crippen LogP contribution in [0.4, 0.5) is 4.39 Å². The molecule has 0 aliphatic rings. The van der Waals surface area contributed by atoms with Crippen LogP contribution < -0.4 is 0 Å². The Morgan fingerprint density at radius 3 is 1.57 bits per heavy atom. The molecule has 0 saturated carbocycles. The third-order valence-electron chi connectivity index (χ3n) is 5.02. The SMILES string of the molecule is CCC(C)(F)C(C)(C)C(C)(C)C(C)C. The van der Waals surface area contributed by atoms with E-state index in [1.807, 2.05) is 6.92 Å². The summed E-state index contributed by atoms with van der Waals surface area (Å²) in [5.74, 6) is 0.485. The molecule has 0 spiro atoms. The normalized spacial score (nSPS) is 18.4. The standard InChI is InChI=1S/C13H27F/c1-9-13(8,14)12(6,7)11(4,5)10(2)3/h10H,9H2,1-8H3. The van der Waals surface area contributed by atoms with Gasteiger partial charge in [-0.3, -0.25) is 0 Å². The largest absolute Gasteiger partial charge is 0.244 e. The molecule has 1 unspecified atom stereocenters. The van der Waals surface area contributed by atoms with E-state index in [-0.39, 0.29) is 10.8 Å². The predicted molar refractivity (Wildman–Crippen MR) is 62.2 cm³/mol. The molecule has 0 saturated heterocycles. The van der Waals surface area contributed by atoms with Gasteiger partial charge in [0, 0.05) is 5.41 Å². The lowest BCUT2D eigenvalue weighted by Crippen LogP contribution is -2.50. The van der Waals surface area contributed by atoms with Crippen molar-refractivity contribution in [2.45, 2.75) is 67.5 Å². The molecule has 0 aromatic carbocycles. The number of alkyl halides is 1. The Balaban J connectivity index is 5.14. The van der Waals surface area contributed by atoms with Crippen LogP contribution in [0, 0.1) is 16.7 Å². The first kappa shape index (κ1) is 13.9. The predicted octanol–water partition coefficient (Wildman–Crippen LogP) is 4.83. The molecule has 86 valence electrons. The highest BCUT2D eigenvalue weighted by Crippen LogP contribution is 2.53. The van der Waals surface area contributed by atoms with Gasteiger partial charge in [0.25, 0.3) is 0 Å². The van der Waals surface area contributed by atoms with Gasteiger partial charge in [-0.15, -0.1) is 0 Å². The van der Waals surface area contributed by atoms with Crippen LogP contribution in [0.25, 0.3) is 0 Å². The van der Waals surface area contributed by atoms with Crippen molar-refractivity contribution in [2.24, 2.45) is 16.7 Å². The fraction of sp³-hybridized carbons (Fsp3) is 1.00. The van der Waals surface area contributed by atoms with E-state index in [4.69, 9.17) is 0 Å². The summed E-state index contributed by atoms with van der Waals surface area (Å²) in [4.78, 5) is 0. The highest BCUT2D eigenvalue weighted by Gasteiger charge is 2.51. The van der Waals surface area contributed by atoms with Gasteiger partial charge >= 0.3 is 0 Å². The molecular formula is C13H27F. The summed E-state index contributed by atoms with van der Waals surface area (Å²) in [6.45, 7) is 16.5. The number of hydrogen-bond acceptors (Lipinski definition) is 0. The summed E-state index contributed by atoms with van der Waals surface area (Å²) < 4.78 is 14.5. The molecule has 14 heavy (non-hydrogen) atoms. The van der Waals surface area contributed by atoms with E-state index in [1.165, 1.54) is 0 Å². The average molecular weight is 202 g/mol. The summed E-state index contributed by atoms with van der Waals surface area (Å²) in [6, 6.07) is 0. The molecule has 0 rings (SSSR count). The summed E-state index contributed by atoms with van der Waals surface area (Å²) in [5, 5.41) is 0. The van der Waals surface area contributed by atoms with E-state index < -0.39 is 5.67 Å². The smallest absolute Gasteiger partial charge is 0.113 e. The zero-order valence-corrected chi connectivity index (χ0v) is 11.2. The van der Waals surface area contributed by atoms with E-state index in [1.54, 1.807) is 6.92 Å². The van der Waals surface area contributed by atoms with Crippen molar-refractivity contribution in [3.05, 3.63) is 0 Å². The van der Waals surface area contributed by atoms with Crippen molar-refractivity contribution >= 4 is 0 Å². The second kappa shape index (κ2) is 3.83. The maximum atomic E-state index is 14.5. The molecule has 1 atom stereocenters. The minimum Gasteiger partial charge on any atom is -0.244 e. The molecule has 0 N–H and O–H groups in total. The molecule has 0 bridgehead atoms. The lowest BCUT2D eigenvalue weighted by molar-refractivity contribution is -0.0805. The van der Waals surface area contributed by atoms with Crippen molar-refractivity contribution in [1.82, 2.24) is 0 Å². The molecule has 0 aliphatic carbocycles. The van der Waals surface area contributed by atoms with Gasteiger partial charge < -0.3 is 0 Å². The number of rotatable bonds is 4. The maximum Gasteiger partial charge on any atom is 0.113 e. The monoisotopic (exact) mass is 202 g/mol. The third-order valence-corrected chi connectivity index (χ3v) is 5.02. The third kappa shape index (κ3) is 1.97. The van der Waals surface area contributed by atoms with Gasteiger partial charge in [-0.05, 0) is 24.7 Å². The topological polar surface area (TPSA) is 0 Å². The molecular weight excluding hydrogens is 175 g/mol. The fourth-order valence-corrected chi connectivity index (χ4v) is 1.84. The van der Waals surface area contributed by atoms with Crippen LogP contribution in [-0.4, -0.2) is 5.67 Å². The lowest BCUT2D eigenvalue weighted by Gasteiger charge is -2.51. The average Bonchev–Trinajstić information content (AvgIpc) is 2.03. The minimum absolute atomic E-state index is 0.00646. The zero-order chi connectivity index (χ0) is 11.8. The summed E-state index contributed by atoms with van der Waals surface area (Å²) in [6.07, 6.45) is 0.580.